The van der Waals surface area contributed by atoms with E-state index in [1.54, 1.807) is 42.7 Å². The van der Waals surface area contributed by atoms with Gasteiger partial charge in [-0.05, 0) is 44.2 Å². The van der Waals surface area contributed by atoms with E-state index in [1.165, 1.54) is 18.4 Å². The summed E-state index contributed by atoms with van der Waals surface area (Å²) >= 11 is 0. The number of carbonyl (C=O) groups is 2. The summed E-state index contributed by atoms with van der Waals surface area (Å²) in [6.07, 6.45) is 2.99. The summed E-state index contributed by atoms with van der Waals surface area (Å²) in [6, 6.07) is 13.3. The van der Waals surface area contributed by atoms with Gasteiger partial charge in [-0.2, -0.15) is 0 Å². The lowest BCUT2D eigenvalue weighted by Crippen LogP contribution is -2.16. The Kier molecular flexibility index (Phi) is 5.52. The number of hydrogen-bond acceptors (Lipinski definition) is 7. The summed E-state index contributed by atoms with van der Waals surface area (Å²) in [6.45, 7) is 4.04. The summed E-state index contributed by atoms with van der Waals surface area (Å²) in [4.78, 5) is 29.6. The van der Waals surface area contributed by atoms with Gasteiger partial charge in [-0.25, -0.2) is 4.98 Å². The van der Waals surface area contributed by atoms with Gasteiger partial charge in [0.2, 0.25) is 0 Å². The molecule has 0 bridgehead atoms. The van der Waals surface area contributed by atoms with Crippen LogP contribution in [-0.4, -0.2) is 36.7 Å². The van der Waals surface area contributed by atoms with Crippen molar-refractivity contribution in [2.45, 2.75) is 19.9 Å². The van der Waals surface area contributed by atoms with E-state index in [9.17, 15) is 9.59 Å². The Hall–Kier alpha value is -4.34. The molecule has 0 aliphatic heterocycles. The number of benzene rings is 1. The van der Waals surface area contributed by atoms with Crippen molar-refractivity contribution in [2.75, 3.05) is 10.6 Å². The van der Waals surface area contributed by atoms with Crippen molar-refractivity contribution in [1.82, 2.24) is 24.9 Å². The molecule has 0 fully saturated rings. The summed E-state index contributed by atoms with van der Waals surface area (Å²) in [5.74, 6) is 0.453. The third-order valence-corrected chi connectivity index (χ3v) is 4.42. The van der Waals surface area contributed by atoms with E-state index in [0.29, 0.717) is 28.5 Å². The maximum atomic E-state index is 12.7. The number of amides is 2. The smallest absolute Gasteiger partial charge is 0.256 e. The zero-order chi connectivity index (χ0) is 21.8. The first-order valence-electron chi connectivity index (χ1n) is 9.51. The number of anilines is 2. The van der Waals surface area contributed by atoms with Crippen LogP contribution in [0.2, 0.25) is 0 Å². The summed E-state index contributed by atoms with van der Waals surface area (Å²) in [5.41, 5.74) is 1.21. The molecule has 0 spiro atoms. The van der Waals surface area contributed by atoms with Crippen LogP contribution in [0, 0.1) is 0 Å². The summed E-state index contributed by atoms with van der Waals surface area (Å²) < 4.78 is 6.58. The summed E-state index contributed by atoms with van der Waals surface area (Å²) in [7, 11) is 0. The minimum Gasteiger partial charge on any atom is -0.363 e. The van der Waals surface area contributed by atoms with Gasteiger partial charge in [0.1, 0.15) is 24.1 Å². The highest BCUT2D eigenvalue weighted by Gasteiger charge is 2.15. The normalized spacial score (nSPS) is 10.8. The molecule has 2 N–H and O–H groups in total. The number of hydrogen-bond donors (Lipinski definition) is 2. The highest BCUT2D eigenvalue weighted by Crippen LogP contribution is 2.20. The molecule has 0 aliphatic rings. The van der Waals surface area contributed by atoms with E-state index in [-0.39, 0.29) is 11.9 Å². The second-order valence-corrected chi connectivity index (χ2v) is 6.94. The number of pyridine rings is 1. The van der Waals surface area contributed by atoms with Gasteiger partial charge in [-0.1, -0.05) is 17.3 Å². The van der Waals surface area contributed by atoms with Crippen LogP contribution in [-0.2, 0) is 0 Å². The van der Waals surface area contributed by atoms with Gasteiger partial charge in [0, 0.05) is 23.2 Å². The fourth-order valence-electron chi connectivity index (χ4n) is 2.89. The molecule has 0 aliphatic carbocycles. The highest BCUT2D eigenvalue weighted by molar-refractivity contribution is 6.08. The highest BCUT2D eigenvalue weighted by atomic mass is 16.5. The van der Waals surface area contributed by atoms with Gasteiger partial charge in [0.05, 0.1) is 0 Å². The summed E-state index contributed by atoms with van der Waals surface area (Å²) in [5, 5.41) is 17.1. The molecule has 3 aromatic heterocycles. The van der Waals surface area contributed by atoms with Gasteiger partial charge < -0.3 is 19.7 Å². The molecule has 0 saturated carbocycles. The number of carbonyl (C=O) groups excluding carboxylic acids is 2. The number of rotatable bonds is 6. The van der Waals surface area contributed by atoms with Gasteiger partial charge in [0.25, 0.3) is 11.8 Å². The van der Waals surface area contributed by atoms with Gasteiger partial charge in [0.15, 0.2) is 11.6 Å². The number of aromatic nitrogens is 5. The first kappa shape index (κ1) is 20.0. The molecule has 0 atom stereocenters. The van der Waals surface area contributed by atoms with Crippen LogP contribution in [0.15, 0.2) is 65.6 Å². The van der Waals surface area contributed by atoms with Gasteiger partial charge in [-0.15, -0.1) is 10.2 Å². The van der Waals surface area contributed by atoms with Crippen LogP contribution in [0.5, 0.6) is 0 Å². The largest absolute Gasteiger partial charge is 0.363 e. The van der Waals surface area contributed by atoms with Crippen LogP contribution in [0.25, 0.3) is 11.5 Å². The molecule has 156 valence electrons. The Bertz CT molecular complexity index is 1220. The standard InChI is InChI=1S/C21H19N7O3/c1-13(2)28-12-22-26-19(28)16-7-4-8-17(23-16)24-20(29)14-5-3-6-15(11-14)21(30)25-18-9-10-31-27-18/h3-13H,1-2H3,(H,23,24,29)(H,25,27,30). The molecule has 31 heavy (non-hydrogen) atoms. The molecule has 10 nitrogen and oxygen atoms in total. The molecule has 3 heterocycles. The first-order chi connectivity index (χ1) is 15.0. The van der Waals surface area contributed by atoms with Crippen molar-refractivity contribution in [3.05, 3.63) is 72.2 Å². The molecule has 10 heteroatoms. The Labute approximate surface area is 177 Å². The predicted octanol–water partition coefficient (Wildman–Crippen LogP) is 3.41. The minimum atomic E-state index is -0.406. The van der Waals surface area contributed by atoms with Crippen LogP contribution >= 0.6 is 0 Å². The third kappa shape index (κ3) is 4.47. The monoisotopic (exact) mass is 417 g/mol. The van der Waals surface area contributed by atoms with E-state index in [2.05, 4.69) is 31.0 Å². The van der Waals surface area contributed by atoms with Crippen LogP contribution in [0.3, 0.4) is 0 Å². The Morgan fingerprint density at radius 3 is 2.35 bits per heavy atom. The third-order valence-electron chi connectivity index (χ3n) is 4.42. The SMILES string of the molecule is CC(C)n1cnnc1-c1cccc(NC(=O)c2cccc(C(=O)Nc3ccon3)c2)n1. The Morgan fingerprint density at radius 1 is 0.968 bits per heavy atom. The van der Waals surface area contributed by atoms with Crippen molar-refractivity contribution in [1.29, 1.82) is 0 Å². The zero-order valence-corrected chi connectivity index (χ0v) is 16.8. The first-order valence-corrected chi connectivity index (χ1v) is 9.51. The molecular weight excluding hydrogens is 398 g/mol. The molecule has 2 amide bonds. The van der Waals surface area contributed by atoms with E-state index in [4.69, 9.17) is 4.52 Å². The zero-order valence-electron chi connectivity index (χ0n) is 16.8. The molecular formula is C21H19N7O3. The fourth-order valence-corrected chi connectivity index (χ4v) is 2.89. The lowest BCUT2D eigenvalue weighted by atomic mass is 10.1. The second-order valence-electron chi connectivity index (χ2n) is 6.94. The van der Waals surface area contributed by atoms with E-state index < -0.39 is 11.8 Å². The van der Waals surface area contributed by atoms with Crippen molar-refractivity contribution in [3.63, 3.8) is 0 Å². The quantitative estimate of drug-likeness (QED) is 0.492. The van der Waals surface area contributed by atoms with Gasteiger partial charge in [-0.3, -0.25) is 9.59 Å². The average molecular weight is 417 g/mol. The molecule has 4 aromatic rings. The Morgan fingerprint density at radius 2 is 1.68 bits per heavy atom. The van der Waals surface area contributed by atoms with Crippen LogP contribution in [0.1, 0.15) is 40.6 Å². The number of nitrogens with one attached hydrogen (secondary N) is 2. The second kappa shape index (κ2) is 8.57. The van der Waals surface area contributed by atoms with E-state index >= 15 is 0 Å². The van der Waals surface area contributed by atoms with E-state index in [1.807, 2.05) is 18.4 Å². The fraction of sp³-hybridized carbons (Fsp3) is 0.143. The lowest BCUT2D eigenvalue weighted by molar-refractivity contribution is 0.102. The van der Waals surface area contributed by atoms with Crippen molar-refractivity contribution in [2.24, 2.45) is 0 Å². The van der Waals surface area contributed by atoms with Crippen molar-refractivity contribution >= 4 is 23.5 Å². The number of nitrogens with zero attached hydrogens (tertiary/aromatic N) is 5. The molecule has 1 aromatic carbocycles. The molecule has 0 unspecified atom stereocenters. The van der Waals surface area contributed by atoms with Crippen molar-refractivity contribution in [3.8, 4) is 11.5 Å². The predicted molar refractivity (Wildman–Crippen MR) is 112 cm³/mol. The molecule has 0 radical (unpaired) electrons. The maximum Gasteiger partial charge on any atom is 0.256 e. The van der Waals surface area contributed by atoms with Crippen molar-refractivity contribution < 1.29 is 14.1 Å². The average Bonchev–Trinajstić information content (AvgIpc) is 3.46. The molecule has 4 rings (SSSR count). The van der Waals surface area contributed by atoms with Crippen LogP contribution in [0.4, 0.5) is 11.6 Å². The topological polar surface area (TPSA) is 128 Å². The minimum absolute atomic E-state index is 0.163. The lowest BCUT2D eigenvalue weighted by Gasteiger charge is -2.11. The van der Waals surface area contributed by atoms with Crippen LogP contribution < -0.4 is 10.6 Å². The Balaban J connectivity index is 1.51. The molecule has 0 saturated heterocycles. The van der Waals surface area contributed by atoms with E-state index in [0.717, 1.165) is 0 Å². The maximum absolute atomic E-state index is 12.7. The van der Waals surface area contributed by atoms with Gasteiger partial charge >= 0.3 is 0 Å².